The van der Waals surface area contributed by atoms with Gasteiger partial charge in [-0.05, 0) is 78.7 Å². The van der Waals surface area contributed by atoms with E-state index in [0.717, 1.165) is 36.3 Å². The summed E-state index contributed by atoms with van der Waals surface area (Å²) in [5.74, 6) is -2.63. The van der Waals surface area contributed by atoms with Crippen molar-refractivity contribution in [1.82, 2.24) is 0 Å². The van der Waals surface area contributed by atoms with Crippen molar-refractivity contribution in [2.45, 2.75) is 78.1 Å². The van der Waals surface area contributed by atoms with E-state index < -0.39 is 23.3 Å². The molecule has 0 unspecified atom stereocenters. The second kappa shape index (κ2) is 10.4. The molecular weight excluding hydrogens is 460 g/mol. The molecule has 0 amide bonds. The average molecular weight is 495 g/mol. The Bertz CT molecular complexity index is 1250. The molecule has 0 radical (unpaired) electrons. The van der Waals surface area contributed by atoms with Crippen LogP contribution in [0.2, 0.25) is 0 Å². The molecule has 36 heavy (non-hydrogen) atoms. The van der Waals surface area contributed by atoms with Gasteiger partial charge in [0.1, 0.15) is 0 Å². The summed E-state index contributed by atoms with van der Waals surface area (Å²) in [6.45, 7) is 4.23. The molecule has 0 aliphatic heterocycles. The zero-order valence-corrected chi connectivity index (χ0v) is 21.2. The molecule has 0 heterocycles. The summed E-state index contributed by atoms with van der Waals surface area (Å²) in [4.78, 5) is 0. The topological polar surface area (TPSA) is 0 Å². The molecular formula is C32H34F4. The SMILES string of the molecule is CCC1CCC(CCc2cc3c(c(F)c2F)-c2c(cc(CCc4ccc(C)cc4)c(F)c2F)C3)CC1. The van der Waals surface area contributed by atoms with Gasteiger partial charge in [0.25, 0.3) is 0 Å². The van der Waals surface area contributed by atoms with Crippen molar-refractivity contribution < 1.29 is 17.6 Å². The van der Waals surface area contributed by atoms with E-state index in [1.54, 1.807) is 12.1 Å². The van der Waals surface area contributed by atoms with Gasteiger partial charge < -0.3 is 0 Å². The second-order valence-electron chi connectivity index (χ2n) is 10.9. The lowest BCUT2D eigenvalue weighted by molar-refractivity contribution is 0.258. The molecule has 0 atom stereocenters. The lowest BCUT2D eigenvalue weighted by atomic mass is 9.78. The fourth-order valence-corrected chi connectivity index (χ4v) is 6.19. The van der Waals surface area contributed by atoms with Crippen LogP contribution in [-0.2, 0) is 25.7 Å². The van der Waals surface area contributed by atoms with E-state index in [4.69, 9.17) is 0 Å². The van der Waals surface area contributed by atoms with Crippen molar-refractivity contribution in [2.75, 3.05) is 0 Å². The van der Waals surface area contributed by atoms with Crippen molar-refractivity contribution in [1.29, 1.82) is 0 Å². The molecule has 0 bridgehead atoms. The van der Waals surface area contributed by atoms with E-state index in [-0.39, 0.29) is 16.7 Å². The summed E-state index contributed by atoms with van der Waals surface area (Å²) in [7, 11) is 0. The van der Waals surface area contributed by atoms with Gasteiger partial charge in [-0.2, -0.15) is 0 Å². The van der Waals surface area contributed by atoms with Crippen LogP contribution in [-0.4, -0.2) is 0 Å². The molecule has 0 aromatic heterocycles. The number of hydrogen-bond donors (Lipinski definition) is 0. The van der Waals surface area contributed by atoms with E-state index in [9.17, 15) is 0 Å². The molecule has 190 valence electrons. The Balaban J connectivity index is 1.35. The largest absolute Gasteiger partial charge is 0.203 e. The molecule has 3 aromatic rings. The van der Waals surface area contributed by atoms with E-state index >= 15 is 17.6 Å². The molecule has 2 aliphatic rings. The Kier molecular flexibility index (Phi) is 7.23. The van der Waals surface area contributed by atoms with E-state index in [1.807, 2.05) is 31.2 Å². The maximum absolute atomic E-state index is 15.3. The van der Waals surface area contributed by atoms with Crippen molar-refractivity contribution in [3.8, 4) is 11.1 Å². The Morgan fingerprint density at radius 3 is 1.75 bits per heavy atom. The van der Waals surface area contributed by atoms with Gasteiger partial charge in [0.05, 0.1) is 0 Å². The fourth-order valence-electron chi connectivity index (χ4n) is 6.19. The van der Waals surface area contributed by atoms with E-state index in [1.165, 1.54) is 19.3 Å². The molecule has 0 spiro atoms. The first-order valence-corrected chi connectivity index (χ1v) is 13.4. The predicted molar refractivity (Wildman–Crippen MR) is 137 cm³/mol. The zero-order valence-electron chi connectivity index (χ0n) is 21.2. The lowest BCUT2D eigenvalue weighted by Crippen LogP contribution is -2.15. The summed E-state index contributed by atoms with van der Waals surface area (Å²) in [5, 5.41) is 0. The van der Waals surface area contributed by atoms with Crippen LogP contribution in [0.5, 0.6) is 0 Å². The van der Waals surface area contributed by atoms with Crippen LogP contribution in [0, 0.1) is 42.0 Å². The van der Waals surface area contributed by atoms with Gasteiger partial charge in [0.2, 0.25) is 0 Å². The molecule has 4 heteroatoms. The fraction of sp³-hybridized carbons (Fsp3) is 0.438. The molecule has 0 saturated heterocycles. The van der Waals surface area contributed by atoms with E-state index in [0.29, 0.717) is 48.3 Å². The summed E-state index contributed by atoms with van der Waals surface area (Å²) >= 11 is 0. The highest BCUT2D eigenvalue weighted by atomic mass is 19.2. The molecule has 0 nitrogen and oxygen atoms in total. The molecule has 3 aromatic carbocycles. The van der Waals surface area contributed by atoms with Gasteiger partial charge in [-0.1, -0.05) is 81.0 Å². The van der Waals surface area contributed by atoms with Gasteiger partial charge in [0.15, 0.2) is 23.3 Å². The maximum atomic E-state index is 15.3. The third kappa shape index (κ3) is 4.84. The van der Waals surface area contributed by atoms with Gasteiger partial charge >= 0.3 is 0 Å². The van der Waals surface area contributed by atoms with Crippen LogP contribution in [0.25, 0.3) is 11.1 Å². The minimum absolute atomic E-state index is 0.101. The van der Waals surface area contributed by atoms with Crippen LogP contribution in [0.4, 0.5) is 17.6 Å². The second-order valence-corrected chi connectivity index (χ2v) is 10.9. The van der Waals surface area contributed by atoms with Crippen molar-refractivity contribution in [3.63, 3.8) is 0 Å². The molecule has 5 rings (SSSR count). The smallest absolute Gasteiger partial charge is 0.167 e. The van der Waals surface area contributed by atoms with Crippen LogP contribution in [0.3, 0.4) is 0 Å². The Hall–Kier alpha value is -2.62. The van der Waals surface area contributed by atoms with Gasteiger partial charge in [-0.25, -0.2) is 17.6 Å². The first kappa shape index (κ1) is 25.0. The number of rotatable bonds is 7. The van der Waals surface area contributed by atoms with Gasteiger partial charge in [-0.3, -0.25) is 0 Å². The number of benzene rings is 3. The number of aryl methyl sites for hydroxylation is 4. The Labute approximate surface area is 211 Å². The quantitative estimate of drug-likeness (QED) is 0.225. The first-order chi connectivity index (χ1) is 17.4. The third-order valence-corrected chi connectivity index (χ3v) is 8.53. The highest BCUT2D eigenvalue weighted by Crippen LogP contribution is 2.44. The van der Waals surface area contributed by atoms with Crippen LogP contribution in [0.1, 0.15) is 78.8 Å². The van der Waals surface area contributed by atoms with Gasteiger partial charge in [-0.15, -0.1) is 0 Å². The summed E-state index contributed by atoms with van der Waals surface area (Å²) in [6, 6.07) is 11.3. The summed E-state index contributed by atoms with van der Waals surface area (Å²) < 4.78 is 60.6. The Morgan fingerprint density at radius 2 is 1.19 bits per heavy atom. The minimum Gasteiger partial charge on any atom is -0.203 e. The molecule has 1 saturated carbocycles. The normalized spacial score (nSPS) is 18.8. The predicted octanol–water partition coefficient (Wildman–Crippen LogP) is 9.06. The third-order valence-electron chi connectivity index (χ3n) is 8.53. The highest BCUT2D eigenvalue weighted by molar-refractivity contribution is 5.79. The number of fused-ring (bicyclic) bond motifs is 3. The van der Waals surface area contributed by atoms with Crippen LogP contribution >= 0.6 is 0 Å². The van der Waals surface area contributed by atoms with Crippen molar-refractivity contribution >= 4 is 0 Å². The number of hydrogen-bond acceptors (Lipinski definition) is 0. The molecule has 1 fully saturated rings. The standard InChI is InChI=1S/C32H34F4/c1-3-20-8-10-22(11-9-20)13-15-24-17-26-18-25-16-23(14-12-21-6-4-19(2)5-7-21)29(33)31(35)27(25)28(26)32(36)30(24)34/h4-7,16-17,20,22H,3,8-15,18H2,1-2H3. The monoisotopic (exact) mass is 494 g/mol. The first-order valence-electron chi connectivity index (χ1n) is 13.4. The minimum atomic E-state index is -1.07. The van der Waals surface area contributed by atoms with E-state index in [2.05, 4.69) is 6.92 Å². The van der Waals surface area contributed by atoms with Crippen molar-refractivity contribution in [2.24, 2.45) is 11.8 Å². The summed E-state index contributed by atoms with van der Waals surface area (Å²) in [5.41, 5.74) is 3.71. The van der Waals surface area contributed by atoms with Gasteiger partial charge in [0, 0.05) is 11.1 Å². The number of halogens is 4. The summed E-state index contributed by atoms with van der Waals surface area (Å²) in [6.07, 6.45) is 8.48. The van der Waals surface area contributed by atoms with Crippen LogP contribution < -0.4 is 0 Å². The molecule has 2 aliphatic carbocycles. The molecule has 0 N–H and O–H groups in total. The zero-order chi connectivity index (χ0) is 25.4. The lowest BCUT2D eigenvalue weighted by Gasteiger charge is -2.27. The van der Waals surface area contributed by atoms with Crippen LogP contribution in [0.15, 0.2) is 36.4 Å². The average Bonchev–Trinajstić information content (AvgIpc) is 3.26. The highest BCUT2D eigenvalue weighted by Gasteiger charge is 2.32. The Morgan fingerprint density at radius 1 is 0.667 bits per heavy atom. The van der Waals surface area contributed by atoms with Crippen molar-refractivity contribution in [3.05, 3.63) is 93.0 Å². The maximum Gasteiger partial charge on any atom is 0.167 e.